The molecule has 0 unspecified atom stereocenters. The van der Waals surface area contributed by atoms with Gasteiger partial charge < -0.3 is 5.11 Å². The molecule has 2 aliphatic carbocycles. The van der Waals surface area contributed by atoms with E-state index in [1.165, 1.54) is 11.1 Å². The first-order valence-electron chi connectivity index (χ1n) is 6.46. The molecular weight excluding hydrogens is 212 g/mol. The lowest BCUT2D eigenvalue weighted by atomic mass is 9.61. The zero-order valence-electron chi connectivity index (χ0n) is 11.2. The van der Waals surface area contributed by atoms with Crippen molar-refractivity contribution in [1.29, 1.82) is 0 Å². The fraction of sp³-hybridized carbons (Fsp3) is 0.667. The maximum atomic E-state index is 12.0. The fourth-order valence-electron chi connectivity index (χ4n) is 3.24. The average Bonchev–Trinajstić information content (AvgIpc) is 2.46. The van der Waals surface area contributed by atoms with Crippen molar-refractivity contribution in [3.63, 3.8) is 0 Å². The highest BCUT2D eigenvalue weighted by Crippen LogP contribution is 2.50. The third-order valence-corrected chi connectivity index (χ3v) is 4.90. The van der Waals surface area contributed by atoms with Gasteiger partial charge in [0.25, 0.3) is 0 Å². The minimum absolute atomic E-state index is 0.0100. The van der Waals surface area contributed by atoms with Gasteiger partial charge in [-0.2, -0.15) is 0 Å². The number of aliphatic hydroxyl groups is 1. The summed E-state index contributed by atoms with van der Waals surface area (Å²) in [6, 6.07) is 0. The molecule has 94 valence electrons. The van der Waals surface area contributed by atoms with Crippen LogP contribution >= 0.6 is 0 Å². The van der Waals surface area contributed by atoms with E-state index >= 15 is 0 Å². The number of rotatable bonds is 0. The van der Waals surface area contributed by atoms with Gasteiger partial charge in [-0.1, -0.05) is 31.1 Å². The molecular formula is C15H22O2. The molecule has 0 radical (unpaired) electrons. The second kappa shape index (κ2) is 4.09. The Morgan fingerprint density at radius 2 is 2.00 bits per heavy atom. The largest absolute Gasteiger partial charge is 0.385 e. The highest BCUT2D eigenvalue weighted by atomic mass is 16.3. The van der Waals surface area contributed by atoms with Crippen molar-refractivity contribution in [2.24, 2.45) is 11.3 Å². The normalized spacial score (nSPS) is 38.6. The van der Waals surface area contributed by atoms with Crippen molar-refractivity contribution in [3.05, 3.63) is 22.8 Å². The molecule has 0 aliphatic heterocycles. The zero-order chi connectivity index (χ0) is 12.8. The number of aliphatic hydroxyl groups excluding tert-OH is 1. The lowest BCUT2D eigenvalue weighted by Gasteiger charge is -2.43. The molecule has 0 fully saturated rings. The van der Waals surface area contributed by atoms with Crippen molar-refractivity contribution in [1.82, 2.24) is 0 Å². The molecule has 0 saturated carbocycles. The molecule has 0 saturated heterocycles. The molecule has 2 rings (SSSR count). The smallest absolute Gasteiger partial charge is 0.187 e. The Kier molecular flexibility index (Phi) is 3.03. The van der Waals surface area contributed by atoms with Crippen molar-refractivity contribution in [3.8, 4) is 0 Å². The Bertz CT molecular complexity index is 417. The molecule has 0 aromatic carbocycles. The molecule has 17 heavy (non-hydrogen) atoms. The standard InChI is InChI=1S/C15H22O2/c1-9-5-6-12-10(2)13(16)14(17)11(3)15(12,4)8-7-9/h7,11,14,17H,5-6,8H2,1-4H3/t11-,14-,15+/m0/s1. The predicted octanol–water partition coefficient (Wildman–Crippen LogP) is 3.02. The molecule has 0 spiro atoms. The second-order valence-corrected chi connectivity index (χ2v) is 5.87. The highest BCUT2D eigenvalue weighted by molar-refractivity contribution is 6.00. The minimum Gasteiger partial charge on any atom is -0.385 e. The summed E-state index contributed by atoms with van der Waals surface area (Å²) >= 11 is 0. The second-order valence-electron chi connectivity index (χ2n) is 5.87. The third-order valence-electron chi connectivity index (χ3n) is 4.90. The van der Waals surface area contributed by atoms with Crippen LogP contribution in [0.4, 0.5) is 0 Å². The summed E-state index contributed by atoms with van der Waals surface area (Å²) in [5.41, 5.74) is 3.43. The van der Waals surface area contributed by atoms with Gasteiger partial charge in [-0.25, -0.2) is 0 Å². The summed E-state index contributed by atoms with van der Waals surface area (Å²) in [5.74, 6) is -0.0552. The summed E-state index contributed by atoms with van der Waals surface area (Å²) < 4.78 is 0. The predicted molar refractivity (Wildman–Crippen MR) is 68.6 cm³/mol. The van der Waals surface area contributed by atoms with E-state index in [-0.39, 0.29) is 17.1 Å². The molecule has 1 N–H and O–H groups in total. The SMILES string of the molecule is CC1=CC[C@@]2(C)C(=C(C)C(=O)[C@@H](O)[C@@H]2C)CC1. The van der Waals surface area contributed by atoms with Gasteiger partial charge in [0.15, 0.2) is 5.78 Å². The van der Waals surface area contributed by atoms with Gasteiger partial charge in [-0.3, -0.25) is 4.79 Å². The first-order valence-corrected chi connectivity index (χ1v) is 6.46. The van der Waals surface area contributed by atoms with Crippen LogP contribution in [-0.2, 0) is 4.79 Å². The van der Waals surface area contributed by atoms with Crippen molar-refractivity contribution in [2.45, 2.75) is 53.1 Å². The van der Waals surface area contributed by atoms with Crippen LogP contribution in [0.3, 0.4) is 0 Å². The Labute approximate surface area is 103 Å². The van der Waals surface area contributed by atoms with Crippen LogP contribution in [0.15, 0.2) is 22.8 Å². The molecule has 2 nitrogen and oxygen atoms in total. The summed E-state index contributed by atoms with van der Waals surface area (Å²) in [4.78, 5) is 12.0. The van der Waals surface area contributed by atoms with E-state index in [0.29, 0.717) is 0 Å². The third kappa shape index (κ3) is 1.79. The van der Waals surface area contributed by atoms with E-state index in [1.807, 2.05) is 13.8 Å². The monoisotopic (exact) mass is 234 g/mol. The highest BCUT2D eigenvalue weighted by Gasteiger charge is 2.46. The first kappa shape index (κ1) is 12.6. The maximum absolute atomic E-state index is 12.0. The Hall–Kier alpha value is -0.890. The Morgan fingerprint density at radius 3 is 2.65 bits per heavy atom. The van der Waals surface area contributed by atoms with E-state index in [9.17, 15) is 9.90 Å². The van der Waals surface area contributed by atoms with Crippen molar-refractivity contribution < 1.29 is 9.90 Å². The molecule has 2 aliphatic rings. The van der Waals surface area contributed by atoms with Crippen LogP contribution in [0, 0.1) is 11.3 Å². The van der Waals surface area contributed by atoms with Crippen molar-refractivity contribution in [2.75, 3.05) is 0 Å². The van der Waals surface area contributed by atoms with Crippen LogP contribution in [0.1, 0.15) is 47.0 Å². The Morgan fingerprint density at radius 1 is 1.35 bits per heavy atom. The number of fused-ring (bicyclic) bond motifs is 1. The van der Waals surface area contributed by atoms with E-state index in [4.69, 9.17) is 0 Å². The number of allylic oxidation sites excluding steroid dienone is 3. The summed E-state index contributed by atoms with van der Waals surface area (Å²) in [6.07, 6.45) is 4.40. The molecule has 3 atom stereocenters. The molecule has 0 aromatic heterocycles. The maximum Gasteiger partial charge on any atom is 0.187 e. The summed E-state index contributed by atoms with van der Waals surface area (Å²) in [7, 11) is 0. The lowest BCUT2D eigenvalue weighted by Crippen LogP contribution is -2.45. The number of carbonyl (C=O) groups is 1. The van der Waals surface area contributed by atoms with Gasteiger partial charge in [0, 0.05) is 0 Å². The molecule has 0 bridgehead atoms. The van der Waals surface area contributed by atoms with E-state index in [1.54, 1.807) is 0 Å². The van der Waals surface area contributed by atoms with E-state index in [2.05, 4.69) is 19.9 Å². The molecule has 0 heterocycles. The van der Waals surface area contributed by atoms with Crippen LogP contribution in [0.2, 0.25) is 0 Å². The summed E-state index contributed by atoms with van der Waals surface area (Å²) in [5, 5.41) is 10.1. The summed E-state index contributed by atoms with van der Waals surface area (Å²) in [6.45, 7) is 8.23. The first-order chi connectivity index (χ1) is 7.88. The average molecular weight is 234 g/mol. The van der Waals surface area contributed by atoms with Crippen molar-refractivity contribution >= 4 is 5.78 Å². The quantitative estimate of drug-likeness (QED) is 0.654. The number of hydrogen-bond acceptors (Lipinski definition) is 2. The van der Waals surface area contributed by atoms with Gasteiger partial charge in [0.1, 0.15) is 6.10 Å². The van der Waals surface area contributed by atoms with Gasteiger partial charge in [0.2, 0.25) is 0 Å². The molecule has 0 amide bonds. The molecule has 2 heteroatoms. The van der Waals surface area contributed by atoms with Gasteiger partial charge in [0.05, 0.1) is 0 Å². The minimum atomic E-state index is -0.824. The Balaban J connectivity index is 2.53. The van der Waals surface area contributed by atoms with Gasteiger partial charge >= 0.3 is 0 Å². The number of carbonyl (C=O) groups excluding carboxylic acids is 1. The van der Waals surface area contributed by atoms with Crippen LogP contribution < -0.4 is 0 Å². The van der Waals surface area contributed by atoms with Crippen LogP contribution in [-0.4, -0.2) is 17.0 Å². The number of Topliss-reactive ketones (excluding diaryl/α,β-unsaturated/α-hetero) is 1. The van der Waals surface area contributed by atoms with Crippen LogP contribution in [0.5, 0.6) is 0 Å². The van der Waals surface area contributed by atoms with E-state index in [0.717, 1.165) is 24.8 Å². The number of hydrogen-bond donors (Lipinski definition) is 1. The van der Waals surface area contributed by atoms with Gasteiger partial charge in [-0.05, 0) is 50.0 Å². The van der Waals surface area contributed by atoms with Crippen LogP contribution in [0.25, 0.3) is 0 Å². The van der Waals surface area contributed by atoms with E-state index < -0.39 is 6.10 Å². The van der Waals surface area contributed by atoms with Gasteiger partial charge in [-0.15, -0.1) is 0 Å². The fourth-order valence-corrected chi connectivity index (χ4v) is 3.24. The topological polar surface area (TPSA) is 37.3 Å². The lowest BCUT2D eigenvalue weighted by molar-refractivity contribution is -0.129. The molecule has 0 aromatic rings. The zero-order valence-corrected chi connectivity index (χ0v) is 11.2. The number of ketones is 1.